The second kappa shape index (κ2) is 3.63. The predicted molar refractivity (Wildman–Crippen MR) is 64.6 cm³/mol. The van der Waals surface area contributed by atoms with Crippen molar-refractivity contribution in [2.24, 2.45) is 5.73 Å². The van der Waals surface area contributed by atoms with Gasteiger partial charge in [-0.3, -0.25) is 5.41 Å². The van der Waals surface area contributed by atoms with Crippen LogP contribution < -0.4 is 5.73 Å². The second-order valence-corrected chi connectivity index (χ2v) is 4.83. The van der Waals surface area contributed by atoms with Gasteiger partial charge in [0.05, 0.1) is 4.88 Å². The standard InChI is InChI=1S/C10H10N2S2/c1-13-7-3-2-4-8-6(7)5-9(14-8)10(11)12/h2-5H,1H3,(H3,11,12). The third-order valence-corrected chi connectivity index (χ3v) is 3.94. The van der Waals surface area contributed by atoms with Crippen LogP contribution in [0.25, 0.3) is 10.1 Å². The minimum atomic E-state index is 0.151. The summed E-state index contributed by atoms with van der Waals surface area (Å²) >= 11 is 3.29. The lowest BCUT2D eigenvalue weighted by Gasteiger charge is -1.96. The maximum Gasteiger partial charge on any atom is 0.133 e. The normalized spacial score (nSPS) is 10.6. The SMILES string of the molecule is CSc1cccc2sc(C(=N)N)cc12. The molecule has 0 fully saturated rings. The smallest absolute Gasteiger partial charge is 0.133 e. The van der Waals surface area contributed by atoms with Crippen LogP contribution in [0.5, 0.6) is 0 Å². The Labute approximate surface area is 90.6 Å². The number of fused-ring (bicyclic) bond motifs is 1. The van der Waals surface area contributed by atoms with Crippen LogP contribution in [-0.4, -0.2) is 12.1 Å². The van der Waals surface area contributed by atoms with E-state index in [9.17, 15) is 0 Å². The van der Waals surface area contributed by atoms with Crippen LogP contribution in [0.15, 0.2) is 29.2 Å². The van der Waals surface area contributed by atoms with E-state index in [0.29, 0.717) is 0 Å². The van der Waals surface area contributed by atoms with Gasteiger partial charge in [-0.15, -0.1) is 23.1 Å². The lowest BCUT2D eigenvalue weighted by molar-refractivity contribution is 1.45. The molecule has 0 aliphatic rings. The number of nitrogens with two attached hydrogens (primary N) is 1. The molecule has 1 aromatic heterocycles. The van der Waals surface area contributed by atoms with Gasteiger partial charge >= 0.3 is 0 Å². The molecule has 1 heterocycles. The third kappa shape index (κ3) is 1.51. The molecule has 1 aromatic carbocycles. The molecule has 4 heteroatoms. The number of thiophene rings is 1. The second-order valence-electron chi connectivity index (χ2n) is 2.90. The number of nitrogens with one attached hydrogen (secondary N) is 1. The molecule has 0 aliphatic carbocycles. The van der Waals surface area contributed by atoms with Crippen LogP contribution in [-0.2, 0) is 0 Å². The summed E-state index contributed by atoms with van der Waals surface area (Å²) in [6, 6.07) is 8.18. The number of nitrogen functional groups attached to an aromatic ring is 1. The monoisotopic (exact) mass is 222 g/mol. The minimum absolute atomic E-state index is 0.151. The summed E-state index contributed by atoms with van der Waals surface area (Å²) < 4.78 is 1.20. The first-order valence-electron chi connectivity index (χ1n) is 4.13. The van der Waals surface area contributed by atoms with E-state index in [4.69, 9.17) is 11.1 Å². The fourth-order valence-corrected chi connectivity index (χ4v) is 2.96. The molecule has 0 aliphatic heterocycles. The lowest BCUT2D eigenvalue weighted by Crippen LogP contribution is -2.08. The first-order valence-corrected chi connectivity index (χ1v) is 6.17. The highest BCUT2D eigenvalue weighted by molar-refractivity contribution is 7.98. The quantitative estimate of drug-likeness (QED) is 0.466. The van der Waals surface area contributed by atoms with Crippen LogP contribution in [0.1, 0.15) is 4.88 Å². The molecule has 2 nitrogen and oxygen atoms in total. The van der Waals surface area contributed by atoms with Gasteiger partial charge in [-0.2, -0.15) is 0 Å². The molecule has 14 heavy (non-hydrogen) atoms. The Morgan fingerprint density at radius 3 is 2.93 bits per heavy atom. The summed E-state index contributed by atoms with van der Waals surface area (Å²) in [5.74, 6) is 0.151. The van der Waals surface area contributed by atoms with E-state index in [1.165, 1.54) is 15.0 Å². The molecule has 0 atom stereocenters. The van der Waals surface area contributed by atoms with Crippen LogP contribution >= 0.6 is 23.1 Å². The summed E-state index contributed by atoms with van der Waals surface area (Å²) in [6.45, 7) is 0. The number of hydrogen-bond acceptors (Lipinski definition) is 3. The number of thioether (sulfide) groups is 1. The molecule has 2 aromatic rings. The van der Waals surface area contributed by atoms with E-state index < -0.39 is 0 Å². The molecule has 0 spiro atoms. The number of hydrogen-bond donors (Lipinski definition) is 2. The maximum absolute atomic E-state index is 7.38. The van der Waals surface area contributed by atoms with Crippen molar-refractivity contribution in [3.8, 4) is 0 Å². The Kier molecular flexibility index (Phi) is 2.48. The summed E-state index contributed by atoms with van der Waals surface area (Å²) in [4.78, 5) is 2.09. The molecule has 72 valence electrons. The summed E-state index contributed by atoms with van der Waals surface area (Å²) in [6.07, 6.45) is 2.06. The van der Waals surface area contributed by atoms with Crippen molar-refractivity contribution in [1.82, 2.24) is 0 Å². The van der Waals surface area contributed by atoms with Gasteiger partial charge in [0.1, 0.15) is 5.84 Å². The van der Waals surface area contributed by atoms with Crippen molar-refractivity contribution >= 4 is 39.0 Å². The zero-order valence-corrected chi connectivity index (χ0v) is 9.34. The average Bonchev–Trinajstić information content (AvgIpc) is 2.60. The van der Waals surface area contributed by atoms with Gasteiger partial charge in [-0.25, -0.2) is 0 Å². The van der Waals surface area contributed by atoms with Crippen molar-refractivity contribution in [3.63, 3.8) is 0 Å². The maximum atomic E-state index is 7.38. The number of amidine groups is 1. The van der Waals surface area contributed by atoms with Crippen LogP contribution in [0.3, 0.4) is 0 Å². The third-order valence-electron chi connectivity index (χ3n) is 2.01. The van der Waals surface area contributed by atoms with Crippen LogP contribution in [0.2, 0.25) is 0 Å². The molecule has 3 N–H and O–H groups in total. The van der Waals surface area contributed by atoms with E-state index in [-0.39, 0.29) is 5.84 Å². The van der Waals surface area contributed by atoms with Crippen LogP contribution in [0, 0.1) is 5.41 Å². The van der Waals surface area contributed by atoms with Crippen molar-refractivity contribution < 1.29 is 0 Å². The van der Waals surface area contributed by atoms with Crippen molar-refractivity contribution in [3.05, 3.63) is 29.1 Å². The molecule has 2 rings (SSSR count). The number of benzene rings is 1. The Morgan fingerprint density at radius 2 is 2.29 bits per heavy atom. The van der Waals surface area contributed by atoms with Gasteiger partial charge in [0.15, 0.2) is 0 Å². The van der Waals surface area contributed by atoms with E-state index in [0.717, 1.165) is 4.88 Å². The zero-order chi connectivity index (χ0) is 10.1. The van der Waals surface area contributed by atoms with E-state index in [1.807, 2.05) is 12.1 Å². The number of rotatable bonds is 2. The highest BCUT2D eigenvalue weighted by atomic mass is 32.2. The first-order chi connectivity index (χ1) is 6.72. The van der Waals surface area contributed by atoms with Gasteiger partial charge in [-0.05, 0) is 24.5 Å². The molecule has 0 saturated heterocycles. The molecule has 0 amide bonds. The van der Waals surface area contributed by atoms with E-state index >= 15 is 0 Å². The van der Waals surface area contributed by atoms with E-state index in [2.05, 4.69) is 18.4 Å². The molecule has 0 radical (unpaired) electrons. The van der Waals surface area contributed by atoms with Gasteiger partial charge in [0.25, 0.3) is 0 Å². The molecule has 0 bridgehead atoms. The predicted octanol–water partition coefficient (Wildman–Crippen LogP) is 2.91. The van der Waals surface area contributed by atoms with Crippen molar-refractivity contribution in [2.75, 3.05) is 6.26 Å². The Morgan fingerprint density at radius 1 is 1.50 bits per heavy atom. The van der Waals surface area contributed by atoms with Gasteiger partial charge < -0.3 is 5.73 Å². The van der Waals surface area contributed by atoms with Crippen molar-refractivity contribution in [1.29, 1.82) is 5.41 Å². The summed E-state index contributed by atoms with van der Waals surface area (Å²) in [7, 11) is 0. The summed E-state index contributed by atoms with van der Waals surface area (Å²) in [5, 5.41) is 8.58. The van der Waals surface area contributed by atoms with Gasteiger partial charge in [0.2, 0.25) is 0 Å². The highest BCUT2D eigenvalue weighted by Gasteiger charge is 2.06. The zero-order valence-electron chi connectivity index (χ0n) is 7.70. The molecule has 0 saturated carbocycles. The Balaban J connectivity index is 2.70. The Bertz CT molecular complexity index is 488. The fourth-order valence-electron chi connectivity index (χ4n) is 1.34. The molecular formula is C10H10N2S2. The van der Waals surface area contributed by atoms with Crippen LogP contribution in [0.4, 0.5) is 0 Å². The highest BCUT2D eigenvalue weighted by Crippen LogP contribution is 2.32. The molecule has 0 unspecified atom stereocenters. The largest absolute Gasteiger partial charge is 0.383 e. The average molecular weight is 222 g/mol. The lowest BCUT2D eigenvalue weighted by atomic mass is 10.2. The van der Waals surface area contributed by atoms with Gasteiger partial charge in [0, 0.05) is 15.0 Å². The molecular weight excluding hydrogens is 212 g/mol. The van der Waals surface area contributed by atoms with Gasteiger partial charge in [-0.1, -0.05) is 6.07 Å². The Hall–Kier alpha value is -1.00. The van der Waals surface area contributed by atoms with Crippen molar-refractivity contribution in [2.45, 2.75) is 4.90 Å². The minimum Gasteiger partial charge on any atom is -0.383 e. The topological polar surface area (TPSA) is 49.9 Å². The fraction of sp³-hybridized carbons (Fsp3) is 0.100. The van der Waals surface area contributed by atoms with E-state index in [1.54, 1.807) is 23.1 Å². The first kappa shape index (κ1) is 9.55. The summed E-state index contributed by atoms with van der Waals surface area (Å²) in [5.41, 5.74) is 5.46.